The number of pyridine rings is 1. The molecule has 2 saturated heterocycles. The van der Waals surface area contributed by atoms with Crippen LogP contribution in [0.15, 0.2) is 30.6 Å². The topological polar surface area (TPSA) is 98.5 Å². The molecule has 2 fully saturated rings. The predicted octanol–water partition coefficient (Wildman–Crippen LogP) is 3.94. The molecule has 3 aromatic heterocycles. The van der Waals surface area contributed by atoms with Gasteiger partial charge in [0.05, 0.1) is 24.4 Å². The Kier molecular flexibility index (Phi) is 6.32. The van der Waals surface area contributed by atoms with Gasteiger partial charge in [-0.15, -0.1) is 0 Å². The molecule has 0 bridgehead atoms. The molecule has 0 spiro atoms. The second kappa shape index (κ2) is 9.31. The molecule has 2 aliphatic rings. The van der Waals surface area contributed by atoms with Gasteiger partial charge in [0.25, 0.3) is 5.95 Å². The van der Waals surface area contributed by atoms with Gasteiger partial charge < -0.3 is 19.3 Å². The number of hydrogen-bond acceptors (Lipinski definition) is 8. The van der Waals surface area contributed by atoms with E-state index in [0.717, 1.165) is 48.5 Å². The molecule has 0 N–H and O–H groups in total. The first kappa shape index (κ1) is 24.4. The number of carbonyl (C=O) groups excluding carboxylic acids is 1. The lowest BCUT2D eigenvalue weighted by Gasteiger charge is -2.45. The Bertz CT molecular complexity index is 1240. The Morgan fingerprint density at radius 3 is 2.64 bits per heavy atom. The SMILES string of the molecule is CC(C)(C)OC(=O)N1CCC(c2ccn(-c3nc(N4CCOCC4)c4ncccc4n3)n2)CC1(C)C. The summed E-state index contributed by atoms with van der Waals surface area (Å²) >= 11 is 0. The van der Waals surface area contributed by atoms with Crippen molar-refractivity contribution in [1.29, 1.82) is 0 Å². The molecular formula is C26H35N7O3. The molecule has 2 aliphatic heterocycles. The van der Waals surface area contributed by atoms with E-state index in [1.165, 1.54) is 0 Å². The normalized spacial score (nSPS) is 20.5. The monoisotopic (exact) mass is 493 g/mol. The molecule has 0 saturated carbocycles. The van der Waals surface area contributed by atoms with E-state index in [2.05, 4.69) is 23.7 Å². The maximum atomic E-state index is 12.8. The number of ether oxygens (including phenoxy) is 2. The van der Waals surface area contributed by atoms with Crippen LogP contribution in [0.25, 0.3) is 17.0 Å². The van der Waals surface area contributed by atoms with E-state index < -0.39 is 5.60 Å². The third kappa shape index (κ3) is 5.00. The lowest BCUT2D eigenvalue weighted by Crippen LogP contribution is -2.53. The minimum atomic E-state index is -0.516. The van der Waals surface area contributed by atoms with E-state index >= 15 is 0 Å². The van der Waals surface area contributed by atoms with Crippen molar-refractivity contribution in [2.24, 2.45) is 0 Å². The average molecular weight is 494 g/mol. The minimum Gasteiger partial charge on any atom is -0.444 e. The standard InChI is InChI=1S/C26H35N7O3/c1-25(2,3)36-24(34)32-11-8-18(17-26(32,4)5)19-9-12-33(30-19)23-28-20-7-6-10-27-21(20)22(29-23)31-13-15-35-16-14-31/h6-7,9-10,12,18H,8,11,13-17H2,1-5H3. The second-order valence-corrected chi connectivity index (χ2v) is 11.1. The smallest absolute Gasteiger partial charge is 0.410 e. The maximum absolute atomic E-state index is 12.8. The Hall–Kier alpha value is -3.27. The molecule has 36 heavy (non-hydrogen) atoms. The summed E-state index contributed by atoms with van der Waals surface area (Å²) in [5, 5.41) is 4.89. The zero-order valence-electron chi connectivity index (χ0n) is 21.8. The Labute approximate surface area is 211 Å². The number of hydrogen-bond donors (Lipinski definition) is 0. The molecule has 5 rings (SSSR count). The van der Waals surface area contributed by atoms with Crippen molar-refractivity contribution in [1.82, 2.24) is 29.6 Å². The summed E-state index contributed by atoms with van der Waals surface area (Å²) in [4.78, 5) is 31.0. The number of aromatic nitrogens is 5. The van der Waals surface area contributed by atoms with E-state index in [1.54, 1.807) is 10.9 Å². The van der Waals surface area contributed by atoms with Gasteiger partial charge in [0.2, 0.25) is 0 Å². The number of likely N-dealkylation sites (tertiary alicyclic amines) is 1. The highest BCUT2D eigenvalue weighted by Gasteiger charge is 2.40. The van der Waals surface area contributed by atoms with Gasteiger partial charge in [0.15, 0.2) is 5.82 Å². The minimum absolute atomic E-state index is 0.223. The van der Waals surface area contributed by atoms with Gasteiger partial charge in [-0.3, -0.25) is 4.98 Å². The zero-order valence-corrected chi connectivity index (χ0v) is 21.8. The number of anilines is 1. The van der Waals surface area contributed by atoms with Crippen LogP contribution < -0.4 is 4.90 Å². The quantitative estimate of drug-likeness (QED) is 0.541. The number of amides is 1. The summed E-state index contributed by atoms with van der Waals surface area (Å²) in [7, 11) is 0. The fourth-order valence-electron chi connectivity index (χ4n) is 5.02. The highest BCUT2D eigenvalue weighted by atomic mass is 16.6. The first-order valence-corrected chi connectivity index (χ1v) is 12.6. The molecule has 3 aromatic rings. The van der Waals surface area contributed by atoms with Gasteiger partial charge in [-0.1, -0.05) is 0 Å². The number of piperidine rings is 1. The van der Waals surface area contributed by atoms with Crippen LogP contribution in [0.5, 0.6) is 0 Å². The Morgan fingerprint density at radius 2 is 1.92 bits per heavy atom. The van der Waals surface area contributed by atoms with Crippen LogP contribution in [0, 0.1) is 0 Å². The van der Waals surface area contributed by atoms with E-state index in [1.807, 2.05) is 50.1 Å². The van der Waals surface area contributed by atoms with E-state index in [-0.39, 0.29) is 17.6 Å². The van der Waals surface area contributed by atoms with Gasteiger partial charge in [-0.2, -0.15) is 10.1 Å². The van der Waals surface area contributed by atoms with Gasteiger partial charge in [-0.25, -0.2) is 14.5 Å². The molecule has 0 aromatic carbocycles. The molecule has 10 heteroatoms. The Morgan fingerprint density at radius 1 is 1.14 bits per heavy atom. The molecule has 1 amide bonds. The molecule has 10 nitrogen and oxygen atoms in total. The van der Waals surface area contributed by atoms with Crippen LogP contribution in [0.1, 0.15) is 59.1 Å². The summed E-state index contributed by atoms with van der Waals surface area (Å²) in [6.07, 6.45) is 5.05. The molecular weight excluding hydrogens is 458 g/mol. The van der Waals surface area contributed by atoms with E-state index in [0.29, 0.717) is 25.7 Å². The molecule has 5 heterocycles. The summed E-state index contributed by atoms with van der Waals surface area (Å²) in [5.41, 5.74) is 1.69. The van der Waals surface area contributed by atoms with Gasteiger partial charge in [0.1, 0.15) is 11.1 Å². The highest BCUT2D eigenvalue weighted by molar-refractivity contribution is 5.86. The summed E-state index contributed by atoms with van der Waals surface area (Å²) in [6, 6.07) is 5.88. The number of carbonyl (C=O) groups is 1. The van der Waals surface area contributed by atoms with Crippen LogP contribution in [0.3, 0.4) is 0 Å². The van der Waals surface area contributed by atoms with Crippen molar-refractivity contribution >= 4 is 22.9 Å². The van der Waals surface area contributed by atoms with Crippen molar-refractivity contribution in [2.75, 3.05) is 37.7 Å². The third-order valence-corrected chi connectivity index (χ3v) is 6.76. The number of nitrogens with zero attached hydrogens (tertiary/aromatic N) is 7. The van der Waals surface area contributed by atoms with E-state index in [9.17, 15) is 4.79 Å². The van der Waals surface area contributed by atoms with Crippen molar-refractivity contribution in [3.8, 4) is 5.95 Å². The highest BCUT2D eigenvalue weighted by Crippen LogP contribution is 2.38. The van der Waals surface area contributed by atoms with Crippen LogP contribution in [0.2, 0.25) is 0 Å². The fourth-order valence-corrected chi connectivity index (χ4v) is 5.02. The largest absolute Gasteiger partial charge is 0.444 e. The van der Waals surface area contributed by atoms with Crippen molar-refractivity contribution in [2.45, 2.75) is 64.5 Å². The van der Waals surface area contributed by atoms with Gasteiger partial charge >= 0.3 is 6.09 Å². The van der Waals surface area contributed by atoms with Crippen LogP contribution in [-0.4, -0.2) is 79.7 Å². The number of fused-ring (bicyclic) bond motifs is 1. The van der Waals surface area contributed by atoms with Crippen molar-refractivity contribution in [3.63, 3.8) is 0 Å². The predicted molar refractivity (Wildman–Crippen MR) is 136 cm³/mol. The first-order valence-electron chi connectivity index (χ1n) is 12.6. The van der Waals surface area contributed by atoms with Crippen LogP contribution in [0.4, 0.5) is 10.6 Å². The van der Waals surface area contributed by atoms with Crippen LogP contribution in [-0.2, 0) is 9.47 Å². The lowest BCUT2D eigenvalue weighted by atomic mass is 9.81. The van der Waals surface area contributed by atoms with Gasteiger partial charge in [-0.05, 0) is 65.7 Å². The molecule has 1 atom stereocenters. The summed E-state index contributed by atoms with van der Waals surface area (Å²) < 4.78 is 12.9. The summed E-state index contributed by atoms with van der Waals surface area (Å²) in [6.45, 7) is 13.3. The molecule has 0 aliphatic carbocycles. The molecule has 192 valence electrons. The lowest BCUT2D eigenvalue weighted by molar-refractivity contribution is -0.00954. The van der Waals surface area contributed by atoms with Crippen molar-refractivity contribution in [3.05, 3.63) is 36.3 Å². The molecule has 0 radical (unpaired) electrons. The second-order valence-electron chi connectivity index (χ2n) is 11.1. The van der Waals surface area contributed by atoms with Gasteiger partial charge in [0, 0.05) is 43.5 Å². The third-order valence-electron chi connectivity index (χ3n) is 6.76. The van der Waals surface area contributed by atoms with Crippen molar-refractivity contribution < 1.29 is 14.3 Å². The molecule has 1 unspecified atom stereocenters. The first-order chi connectivity index (χ1) is 17.1. The Balaban J connectivity index is 1.39. The fraction of sp³-hybridized carbons (Fsp3) is 0.577. The number of rotatable bonds is 3. The average Bonchev–Trinajstić information content (AvgIpc) is 3.32. The van der Waals surface area contributed by atoms with Crippen LogP contribution >= 0.6 is 0 Å². The van der Waals surface area contributed by atoms with E-state index in [4.69, 9.17) is 24.5 Å². The summed E-state index contributed by atoms with van der Waals surface area (Å²) in [5.74, 6) is 1.55. The zero-order chi connectivity index (χ0) is 25.5. The number of morpholine rings is 1. The maximum Gasteiger partial charge on any atom is 0.410 e.